The number of hydrogen-bond acceptors (Lipinski definition) is 2. The highest BCUT2D eigenvalue weighted by Crippen LogP contribution is 2.27. The van der Waals surface area contributed by atoms with Crippen molar-refractivity contribution in [3.63, 3.8) is 0 Å². The minimum absolute atomic E-state index is 0.106. The van der Waals surface area contributed by atoms with Gasteiger partial charge in [0.1, 0.15) is 0 Å². The van der Waals surface area contributed by atoms with E-state index in [0.29, 0.717) is 0 Å². The van der Waals surface area contributed by atoms with Crippen molar-refractivity contribution in [2.45, 2.75) is 32.5 Å². The Labute approximate surface area is 108 Å². The number of hydrogen-bond donors (Lipinski definition) is 0. The van der Waals surface area contributed by atoms with Crippen LogP contribution in [-0.4, -0.2) is 18.8 Å². The molecule has 0 spiro atoms. The van der Waals surface area contributed by atoms with Gasteiger partial charge in [0.2, 0.25) is 0 Å². The van der Waals surface area contributed by atoms with Crippen molar-refractivity contribution in [3.05, 3.63) is 42.5 Å². The summed E-state index contributed by atoms with van der Waals surface area (Å²) < 4.78 is 11.9. The fraction of sp³-hybridized carbons (Fsp3) is 0.333. The van der Waals surface area contributed by atoms with Crippen molar-refractivity contribution >= 4 is 23.4 Å². The molecule has 0 bridgehead atoms. The topological polar surface area (TPSA) is 18.5 Å². The molecule has 1 heterocycles. The second kappa shape index (κ2) is 4.11. The summed E-state index contributed by atoms with van der Waals surface area (Å²) in [6.07, 6.45) is 0.106. The highest BCUT2D eigenvalue weighted by molar-refractivity contribution is 6.62. The number of benzene rings is 2. The quantitative estimate of drug-likeness (QED) is 0.713. The molecule has 1 unspecified atom stereocenters. The van der Waals surface area contributed by atoms with Crippen LogP contribution >= 0.6 is 0 Å². The molecule has 3 heteroatoms. The Hall–Kier alpha value is -1.32. The first-order chi connectivity index (χ1) is 8.56. The zero-order valence-electron chi connectivity index (χ0n) is 11.0. The van der Waals surface area contributed by atoms with Crippen LogP contribution in [0.1, 0.15) is 20.8 Å². The van der Waals surface area contributed by atoms with Gasteiger partial charge < -0.3 is 9.31 Å². The van der Waals surface area contributed by atoms with Crippen LogP contribution in [0, 0.1) is 0 Å². The maximum atomic E-state index is 5.97. The summed E-state index contributed by atoms with van der Waals surface area (Å²) in [5.74, 6) is 0. The monoisotopic (exact) mass is 240 g/mol. The summed E-state index contributed by atoms with van der Waals surface area (Å²) in [6, 6.07) is 14.7. The third kappa shape index (κ3) is 1.94. The molecule has 0 amide bonds. The van der Waals surface area contributed by atoms with Gasteiger partial charge in [0.25, 0.3) is 0 Å². The van der Waals surface area contributed by atoms with E-state index in [-0.39, 0.29) is 18.8 Å². The maximum Gasteiger partial charge on any atom is 0.494 e. The van der Waals surface area contributed by atoms with Crippen molar-refractivity contribution in [1.82, 2.24) is 0 Å². The minimum atomic E-state index is -0.250. The SMILES string of the molecule is CC1OB(c2ccc3ccccc3c2)OC1(C)C. The molecule has 0 radical (unpaired) electrons. The maximum absolute atomic E-state index is 5.97. The fourth-order valence-corrected chi connectivity index (χ4v) is 2.25. The molecule has 92 valence electrons. The van der Waals surface area contributed by atoms with Gasteiger partial charge in [0.15, 0.2) is 0 Å². The molecule has 18 heavy (non-hydrogen) atoms. The summed E-state index contributed by atoms with van der Waals surface area (Å²) in [5.41, 5.74) is 0.863. The Morgan fingerprint density at radius 1 is 1.06 bits per heavy atom. The van der Waals surface area contributed by atoms with Crippen LogP contribution in [0.4, 0.5) is 0 Å². The van der Waals surface area contributed by atoms with E-state index in [1.54, 1.807) is 0 Å². The smallest absolute Gasteiger partial charge is 0.402 e. The number of rotatable bonds is 1. The fourth-order valence-electron chi connectivity index (χ4n) is 2.25. The summed E-state index contributed by atoms with van der Waals surface area (Å²) in [6.45, 7) is 6.19. The normalized spacial score (nSPS) is 22.6. The molecule has 2 aromatic carbocycles. The van der Waals surface area contributed by atoms with Gasteiger partial charge in [-0.3, -0.25) is 0 Å². The van der Waals surface area contributed by atoms with Crippen LogP contribution in [0.15, 0.2) is 42.5 Å². The van der Waals surface area contributed by atoms with Crippen LogP contribution in [0.5, 0.6) is 0 Å². The van der Waals surface area contributed by atoms with E-state index in [9.17, 15) is 0 Å². The van der Waals surface area contributed by atoms with Crippen LogP contribution < -0.4 is 5.46 Å². The third-order valence-electron chi connectivity index (χ3n) is 3.76. The lowest BCUT2D eigenvalue weighted by molar-refractivity contribution is 0.0842. The first-order valence-corrected chi connectivity index (χ1v) is 6.38. The van der Waals surface area contributed by atoms with Crippen molar-refractivity contribution < 1.29 is 9.31 Å². The average Bonchev–Trinajstić information content (AvgIpc) is 2.63. The van der Waals surface area contributed by atoms with Gasteiger partial charge in [0, 0.05) is 0 Å². The lowest BCUT2D eigenvalue weighted by atomic mass is 9.78. The van der Waals surface area contributed by atoms with Gasteiger partial charge in [-0.15, -0.1) is 0 Å². The van der Waals surface area contributed by atoms with E-state index in [1.807, 2.05) is 0 Å². The largest absolute Gasteiger partial charge is 0.494 e. The summed E-state index contributed by atoms with van der Waals surface area (Å²) >= 11 is 0. The van der Waals surface area contributed by atoms with E-state index in [2.05, 4.69) is 63.2 Å². The Balaban J connectivity index is 1.96. The van der Waals surface area contributed by atoms with E-state index in [0.717, 1.165) is 5.46 Å². The standard InChI is InChI=1S/C15H17BO2/c1-11-15(2,3)18-16(17-11)14-9-8-12-6-4-5-7-13(12)10-14/h4-11H,1-3H3. The highest BCUT2D eigenvalue weighted by atomic mass is 16.7. The predicted molar refractivity (Wildman–Crippen MR) is 75.0 cm³/mol. The van der Waals surface area contributed by atoms with Crippen LogP contribution in [0.3, 0.4) is 0 Å². The van der Waals surface area contributed by atoms with E-state index >= 15 is 0 Å². The zero-order valence-corrected chi connectivity index (χ0v) is 11.0. The molecule has 0 N–H and O–H groups in total. The Bertz CT molecular complexity index is 579. The molecule has 2 aromatic rings. The van der Waals surface area contributed by atoms with Crippen LogP contribution in [0.25, 0.3) is 10.8 Å². The Kier molecular flexibility index (Phi) is 2.69. The summed E-state index contributed by atoms with van der Waals surface area (Å²) in [4.78, 5) is 0. The van der Waals surface area contributed by atoms with Gasteiger partial charge in [-0.25, -0.2) is 0 Å². The molecular formula is C15H17BO2. The van der Waals surface area contributed by atoms with Crippen LogP contribution in [-0.2, 0) is 9.31 Å². The van der Waals surface area contributed by atoms with Crippen molar-refractivity contribution in [2.24, 2.45) is 0 Å². The molecule has 0 saturated carbocycles. The van der Waals surface area contributed by atoms with Gasteiger partial charge in [-0.05, 0) is 37.0 Å². The second-order valence-corrected chi connectivity index (χ2v) is 5.44. The van der Waals surface area contributed by atoms with E-state index < -0.39 is 0 Å². The van der Waals surface area contributed by atoms with Gasteiger partial charge >= 0.3 is 7.12 Å². The molecular weight excluding hydrogens is 223 g/mol. The van der Waals surface area contributed by atoms with Gasteiger partial charge in [0.05, 0.1) is 11.7 Å². The first-order valence-electron chi connectivity index (χ1n) is 6.38. The molecule has 0 aromatic heterocycles. The third-order valence-corrected chi connectivity index (χ3v) is 3.76. The minimum Gasteiger partial charge on any atom is -0.402 e. The molecule has 0 aliphatic carbocycles. The molecule has 2 nitrogen and oxygen atoms in total. The summed E-state index contributed by atoms with van der Waals surface area (Å²) in [5, 5.41) is 2.46. The zero-order chi connectivity index (χ0) is 12.8. The highest BCUT2D eigenvalue weighted by Gasteiger charge is 2.43. The Morgan fingerprint density at radius 3 is 2.44 bits per heavy atom. The molecule has 3 rings (SSSR count). The van der Waals surface area contributed by atoms with Crippen LogP contribution in [0.2, 0.25) is 0 Å². The molecule has 1 fully saturated rings. The predicted octanol–water partition coefficient (Wildman–Crippen LogP) is 2.75. The lowest BCUT2D eigenvalue weighted by Crippen LogP contribution is -2.34. The molecule has 1 aliphatic rings. The molecule has 1 aliphatic heterocycles. The second-order valence-electron chi connectivity index (χ2n) is 5.44. The van der Waals surface area contributed by atoms with E-state index in [1.165, 1.54) is 10.8 Å². The molecule has 1 saturated heterocycles. The lowest BCUT2D eigenvalue weighted by Gasteiger charge is -2.21. The van der Waals surface area contributed by atoms with Gasteiger partial charge in [-0.2, -0.15) is 0 Å². The van der Waals surface area contributed by atoms with Crippen molar-refractivity contribution in [1.29, 1.82) is 0 Å². The number of fused-ring (bicyclic) bond motifs is 1. The van der Waals surface area contributed by atoms with E-state index in [4.69, 9.17) is 9.31 Å². The summed E-state index contributed by atoms with van der Waals surface area (Å²) in [7, 11) is -0.250. The van der Waals surface area contributed by atoms with Crippen molar-refractivity contribution in [2.75, 3.05) is 0 Å². The first kappa shape index (κ1) is 11.8. The van der Waals surface area contributed by atoms with Crippen molar-refractivity contribution in [3.8, 4) is 0 Å². The average molecular weight is 240 g/mol. The van der Waals surface area contributed by atoms with Gasteiger partial charge in [-0.1, -0.05) is 42.5 Å². The molecule has 1 atom stereocenters. The Morgan fingerprint density at radius 2 is 1.78 bits per heavy atom.